The second kappa shape index (κ2) is 6.04. The van der Waals surface area contributed by atoms with Crippen molar-refractivity contribution < 1.29 is 0 Å². The van der Waals surface area contributed by atoms with E-state index in [9.17, 15) is 0 Å². The van der Waals surface area contributed by atoms with Crippen molar-refractivity contribution in [1.29, 1.82) is 0 Å². The van der Waals surface area contributed by atoms with Crippen LogP contribution in [0.25, 0.3) is 0 Å². The van der Waals surface area contributed by atoms with Crippen LogP contribution in [-0.4, -0.2) is 11.0 Å². The summed E-state index contributed by atoms with van der Waals surface area (Å²) in [7, 11) is 0. The fourth-order valence-corrected chi connectivity index (χ4v) is 3.71. The molecule has 3 atom stereocenters. The van der Waals surface area contributed by atoms with Crippen LogP contribution in [0.1, 0.15) is 69.2 Å². The van der Waals surface area contributed by atoms with Crippen molar-refractivity contribution in [3.63, 3.8) is 0 Å². The molecule has 2 aliphatic rings. The van der Waals surface area contributed by atoms with E-state index in [0.717, 1.165) is 5.92 Å². The number of rotatable bonds is 2. The molecular formula is C17H26N2. The summed E-state index contributed by atoms with van der Waals surface area (Å²) in [6.07, 6.45) is 12.6. The van der Waals surface area contributed by atoms with Gasteiger partial charge in [-0.05, 0) is 56.1 Å². The molecule has 19 heavy (non-hydrogen) atoms. The van der Waals surface area contributed by atoms with Crippen LogP contribution < -0.4 is 5.32 Å². The van der Waals surface area contributed by atoms with Gasteiger partial charge in [0.1, 0.15) is 0 Å². The van der Waals surface area contributed by atoms with Gasteiger partial charge in [-0.2, -0.15) is 0 Å². The number of hydrogen-bond donors (Lipinski definition) is 1. The molecule has 2 aliphatic carbocycles. The number of fused-ring (bicyclic) bond motifs is 1. The third kappa shape index (κ3) is 3.17. The summed E-state index contributed by atoms with van der Waals surface area (Å²) in [5.41, 5.74) is 2.79. The summed E-state index contributed by atoms with van der Waals surface area (Å²) in [6.45, 7) is 2.40. The van der Waals surface area contributed by atoms with Gasteiger partial charge in [0.25, 0.3) is 0 Å². The first-order valence-electron chi connectivity index (χ1n) is 8.03. The SMILES string of the molecule is CC1CCCC(NC2CCCc3cccnc32)CC1. The predicted octanol–water partition coefficient (Wildman–Crippen LogP) is 4.02. The fraction of sp³-hybridized carbons (Fsp3) is 0.706. The zero-order chi connectivity index (χ0) is 13.1. The first-order valence-corrected chi connectivity index (χ1v) is 8.03. The first-order chi connectivity index (χ1) is 9.33. The topological polar surface area (TPSA) is 24.9 Å². The minimum atomic E-state index is 0.503. The Hall–Kier alpha value is -0.890. The second-order valence-corrected chi connectivity index (χ2v) is 6.47. The van der Waals surface area contributed by atoms with E-state index in [1.165, 1.54) is 62.6 Å². The van der Waals surface area contributed by atoms with Gasteiger partial charge >= 0.3 is 0 Å². The van der Waals surface area contributed by atoms with Crippen molar-refractivity contribution in [3.05, 3.63) is 29.6 Å². The lowest BCUT2D eigenvalue weighted by Crippen LogP contribution is -2.35. The van der Waals surface area contributed by atoms with Crippen molar-refractivity contribution in [2.24, 2.45) is 5.92 Å². The zero-order valence-corrected chi connectivity index (χ0v) is 12.1. The second-order valence-electron chi connectivity index (χ2n) is 6.47. The Kier molecular flexibility index (Phi) is 4.17. The van der Waals surface area contributed by atoms with Crippen molar-refractivity contribution in [2.75, 3.05) is 0 Å². The van der Waals surface area contributed by atoms with Crippen molar-refractivity contribution in [2.45, 2.75) is 70.4 Å². The molecule has 1 saturated carbocycles. The molecule has 0 amide bonds. The molecule has 2 heteroatoms. The Morgan fingerprint density at radius 2 is 2.05 bits per heavy atom. The first kappa shape index (κ1) is 13.1. The van der Waals surface area contributed by atoms with Crippen LogP contribution in [0.15, 0.2) is 18.3 Å². The fourth-order valence-electron chi connectivity index (χ4n) is 3.71. The normalized spacial score (nSPS) is 31.5. The van der Waals surface area contributed by atoms with Gasteiger partial charge in [0.05, 0.1) is 5.69 Å². The van der Waals surface area contributed by atoms with Gasteiger partial charge in [-0.1, -0.05) is 25.8 Å². The molecule has 0 aliphatic heterocycles. The Morgan fingerprint density at radius 1 is 1.11 bits per heavy atom. The largest absolute Gasteiger partial charge is 0.306 e. The highest BCUT2D eigenvalue weighted by atomic mass is 15.0. The lowest BCUT2D eigenvalue weighted by atomic mass is 9.91. The summed E-state index contributed by atoms with van der Waals surface area (Å²) < 4.78 is 0. The molecule has 3 unspecified atom stereocenters. The number of pyridine rings is 1. The number of nitrogens with one attached hydrogen (secondary N) is 1. The number of aryl methyl sites for hydroxylation is 1. The van der Waals surface area contributed by atoms with Gasteiger partial charge in [0.2, 0.25) is 0 Å². The smallest absolute Gasteiger partial charge is 0.0605 e. The molecule has 1 heterocycles. The summed E-state index contributed by atoms with van der Waals surface area (Å²) in [5.74, 6) is 0.920. The van der Waals surface area contributed by atoms with Gasteiger partial charge in [-0.25, -0.2) is 0 Å². The predicted molar refractivity (Wildman–Crippen MR) is 79.1 cm³/mol. The van der Waals surface area contributed by atoms with E-state index in [1.54, 1.807) is 0 Å². The third-order valence-electron chi connectivity index (χ3n) is 4.89. The van der Waals surface area contributed by atoms with Crippen LogP contribution in [-0.2, 0) is 6.42 Å². The van der Waals surface area contributed by atoms with Gasteiger partial charge in [-0.3, -0.25) is 4.98 Å². The Balaban J connectivity index is 1.67. The zero-order valence-electron chi connectivity index (χ0n) is 12.1. The molecule has 0 spiro atoms. The molecule has 0 radical (unpaired) electrons. The van der Waals surface area contributed by atoms with Gasteiger partial charge in [0.15, 0.2) is 0 Å². The quantitative estimate of drug-likeness (QED) is 0.811. The number of hydrogen-bond acceptors (Lipinski definition) is 2. The lowest BCUT2D eigenvalue weighted by molar-refractivity contribution is 0.359. The molecule has 3 rings (SSSR count). The maximum Gasteiger partial charge on any atom is 0.0605 e. The molecule has 0 bridgehead atoms. The summed E-state index contributed by atoms with van der Waals surface area (Å²) in [5, 5.41) is 3.91. The summed E-state index contributed by atoms with van der Waals surface area (Å²) >= 11 is 0. The van der Waals surface area contributed by atoms with E-state index >= 15 is 0 Å². The highest BCUT2D eigenvalue weighted by molar-refractivity contribution is 5.25. The average Bonchev–Trinajstić information content (AvgIpc) is 2.64. The van der Waals surface area contributed by atoms with E-state index in [-0.39, 0.29) is 0 Å². The Bertz CT molecular complexity index is 415. The van der Waals surface area contributed by atoms with Gasteiger partial charge in [-0.15, -0.1) is 0 Å². The minimum absolute atomic E-state index is 0.503. The molecule has 0 aromatic carbocycles. The van der Waals surface area contributed by atoms with E-state index < -0.39 is 0 Å². The van der Waals surface area contributed by atoms with Crippen molar-refractivity contribution >= 4 is 0 Å². The van der Waals surface area contributed by atoms with Crippen LogP contribution in [0, 0.1) is 5.92 Å². The maximum absolute atomic E-state index is 4.64. The number of nitrogens with zero attached hydrogens (tertiary/aromatic N) is 1. The van der Waals surface area contributed by atoms with E-state index in [2.05, 4.69) is 29.4 Å². The van der Waals surface area contributed by atoms with Crippen LogP contribution in [0.4, 0.5) is 0 Å². The highest BCUT2D eigenvalue weighted by Gasteiger charge is 2.24. The van der Waals surface area contributed by atoms with Crippen LogP contribution >= 0.6 is 0 Å². The molecule has 104 valence electrons. The van der Waals surface area contributed by atoms with E-state index in [1.807, 2.05) is 6.20 Å². The third-order valence-corrected chi connectivity index (χ3v) is 4.89. The van der Waals surface area contributed by atoms with Crippen molar-refractivity contribution in [1.82, 2.24) is 10.3 Å². The Morgan fingerprint density at radius 3 is 3.00 bits per heavy atom. The van der Waals surface area contributed by atoms with Crippen LogP contribution in [0.5, 0.6) is 0 Å². The molecule has 1 aromatic heterocycles. The maximum atomic E-state index is 4.64. The Labute approximate surface area is 117 Å². The van der Waals surface area contributed by atoms with Gasteiger partial charge < -0.3 is 5.32 Å². The standard InChI is InChI=1S/C17H26N2/c1-13-5-2-8-15(11-10-13)19-16-9-3-6-14-7-4-12-18-17(14)16/h4,7,12-13,15-16,19H,2-3,5-6,8-11H2,1H3. The molecule has 1 N–H and O–H groups in total. The van der Waals surface area contributed by atoms with Crippen molar-refractivity contribution in [3.8, 4) is 0 Å². The summed E-state index contributed by atoms with van der Waals surface area (Å²) in [4.78, 5) is 4.64. The molecule has 1 aromatic rings. The number of aromatic nitrogens is 1. The molecule has 2 nitrogen and oxygen atoms in total. The van der Waals surface area contributed by atoms with Gasteiger partial charge in [0, 0.05) is 18.3 Å². The molecular weight excluding hydrogens is 232 g/mol. The minimum Gasteiger partial charge on any atom is -0.306 e. The molecule has 0 saturated heterocycles. The lowest BCUT2D eigenvalue weighted by Gasteiger charge is -2.29. The van der Waals surface area contributed by atoms with Crippen LogP contribution in [0.2, 0.25) is 0 Å². The van der Waals surface area contributed by atoms with E-state index in [0.29, 0.717) is 12.1 Å². The summed E-state index contributed by atoms with van der Waals surface area (Å²) in [6, 6.07) is 5.55. The van der Waals surface area contributed by atoms with Crippen LogP contribution in [0.3, 0.4) is 0 Å². The average molecular weight is 258 g/mol. The monoisotopic (exact) mass is 258 g/mol. The van der Waals surface area contributed by atoms with E-state index in [4.69, 9.17) is 0 Å². The molecule has 1 fully saturated rings. The highest BCUT2D eigenvalue weighted by Crippen LogP contribution is 2.30.